The van der Waals surface area contributed by atoms with Gasteiger partial charge in [-0.05, 0) is 19.1 Å². The molecule has 128 valence electrons. The summed E-state index contributed by atoms with van der Waals surface area (Å²) in [6.07, 6.45) is 3.91. The smallest absolute Gasteiger partial charge is 0.316 e. The predicted molar refractivity (Wildman–Crippen MR) is 92.1 cm³/mol. The molecule has 7 heteroatoms. The lowest BCUT2D eigenvalue weighted by Crippen LogP contribution is -2.39. The maximum Gasteiger partial charge on any atom is 0.316 e. The van der Waals surface area contributed by atoms with Gasteiger partial charge >= 0.3 is 6.01 Å². The van der Waals surface area contributed by atoms with E-state index in [1.807, 2.05) is 31.2 Å². The molecule has 2 aromatic heterocycles. The summed E-state index contributed by atoms with van der Waals surface area (Å²) < 4.78 is 18.6. The van der Waals surface area contributed by atoms with Crippen molar-refractivity contribution in [2.45, 2.75) is 25.9 Å². The molecular formula is C18H18FN5O. The number of anilines is 1. The number of nitrogens with zero attached hydrogens (tertiary/aromatic N) is 5. The van der Waals surface area contributed by atoms with Crippen LogP contribution >= 0.6 is 0 Å². The van der Waals surface area contributed by atoms with Crippen molar-refractivity contribution >= 4 is 16.9 Å². The van der Waals surface area contributed by atoms with Crippen LogP contribution < -0.4 is 9.64 Å². The Morgan fingerprint density at radius 1 is 1.04 bits per heavy atom. The van der Waals surface area contributed by atoms with E-state index in [4.69, 9.17) is 9.72 Å². The highest BCUT2D eigenvalue weighted by atomic mass is 19.1. The van der Waals surface area contributed by atoms with Crippen LogP contribution in [0.1, 0.15) is 18.5 Å². The Hall–Kier alpha value is -2.83. The second-order valence-electron chi connectivity index (χ2n) is 6.11. The van der Waals surface area contributed by atoms with E-state index in [-0.39, 0.29) is 12.1 Å². The highest BCUT2D eigenvalue weighted by Gasteiger charge is 2.23. The van der Waals surface area contributed by atoms with Crippen molar-refractivity contribution in [2.75, 3.05) is 18.0 Å². The normalized spacial score (nSPS) is 15.5. The SMILES string of the molecule is Cc1nc2ccccc2nc1N1CCC(Oc2ncc(F)cn2)CC1. The molecule has 4 rings (SSSR count). The van der Waals surface area contributed by atoms with Gasteiger partial charge in [-0.1, -0.05) is 12.1 Å². The van der Waals surface area contributed by atoms with Gasteiger partial charge in [0, 0.05) is 25.9 Å². The molecule has 0 amide bonds. The average Bonchev–Trinajstić information content (AvgIpc) is 2.64. The van der Waals surface area contributed by atoms with Crippen molar-refractivity contribution in [1.82, 2.24) is 19.9 Å². The second-order valence-corrected chi connectivity index (χ2v) is 6.11. The van der Waals surface area contributed by atoms with Crippen molar-refractivity contribution in [1.29, 1.82) is 0 Å². The molecule has 25 heavy (non-hydrogen) atoms. The standard InChI is InChI=1S/C18H18FN5O/c1-12-17(23-16-5-3-2-4-15(16)22-12)24-8-6-14(7-9-24)25-18-20-10-13(19)11-21-18/h2-5,10-11,14H,6-9H2,1H3. The lowest BCUT2D eigenvalue weighted by Gasteiger charge is -2.33. The molecule has 1 aliphatic rings. The quantitative estimate of drug-likeness (QED) is 0.731. The largest absolute Gasteiger partial charge is 0.460 e. The van der Waals surface area contributed by atoms with Gasteiger partial charge in [-0.3, -0.25) is 0 Å². The van der Waals surface area contributed by atoms with Gasteiger partial charge in [0.2, 0.25) is 0 Å². The van der Waals surface area contributed by atoms with Crippen LogP contribution in [0.15, 0.2) is 36.7 Å². The number of aromatic nitrogens is 4. The molecule has 0 bridgehead atoms. The highest BCUT2D eigenvalue weighted by molar-refractivity contribution is 5.76. The number of ether oxygens (including phenoxy) is 1. The van der Waals surface area contributed by atoms with E-state index in [1.54, 1.807) is 0 Å². The zero-order valence-electron chi connectivity index (χ0n) is 13.9. The lowest BCUT2D eigenvalue weighted by molar-refractivity contribution is 0.155. The van der Waals surface area contributed by atoms with E-state index in [1.165, 1.54) is 0 Å². The molecule has 0 unspecified atom stereocenters. The maximum atomic E-state index is 12.9. The average molecular weight is 339 g/mol. The predicted octanol–water partition coefficient (Wildman–Crippen LogP) is 2.92. The minimum atomic E-state index is -0.465. The van der Waals surface area contributed by atoms with Crippen LogP contribution in [0, 0.1) is 12.7 Å². The minimum absolute atomic E-state index is 0.0235. The molecule has 3 heterocycles. The Balaban J connectivity index is 1.45. The Morgan fingerprint density at radius 2 is 1.68 bits per heavy atom. The van der Waals surface area contributed by atoms with Crippen LogP contribution in [-0.2, 0) is 0 Å². The molecule has 1 aliphatic heterocycles. The van der Waals surface area contributed by atoms with Gasteiger partial charge in [0.25, 0.3) is 0 Å². The van der Waals surface area contributed by atoms with Gasteiger partial charge in [0.05, 0.1) is 29.1 Å². The summed E-state index contributed by atoms with van der Waals surface area (Å²) in [4.78, 5) is 19.4. The van der Waals surface area contributed by atoms with Crippen molar-refractivity contribution in [3.63, 3.8) is 0 Å². The van der Waals surface area contributed by atoms with Crippen LogP contribution in [0.4, 0.5) is 10.2 Å². The third kappa shape index (κ3) is 3.35. The summed E-state index contributed by atoms with van der Waals surface area (Å²) in [5.74, 6) is 0.461. The summed E-state index contributed by atoms with van der Waals surface area (Å²) in [5, 5.41) is 0. The van der Waals surface area contributed by atoms with E-state index in [0.29, 0.717) is 0 Å². The van der Waals surface area contributed by atoms with Crippen molar-refractivity contribution in [3.05, 3.63) is 48.2 Å². The maximum absolute atomic E-state index is 12.9. The minimum Gasteiger partial charge on any atom is -0.460 e. The fraction of sp³-hybridized carbons (Fsp3) is 0.333. The van der Waals surface area contributed by atoms with Crippen LogP contribution in [0.5, 0.6) is 6.01 Å². The summed E-state index contributed by atoms with van der Waals surface area (Å²) in [5.41, 5.74) is 2.75. The number of rotatable bonds is 3. The molecular weight excluding hydrogens is 321 g/mol. The van der Waals surface area contributed by atoms with Gasteiger partial charge < -0.3 is 9.64 Å². The lowest BCUT2D eigenvalue weighted by atomic mass is 10.1. The highest BCUT2D eigenvalue weighted by Crippen LogP contribution is 2.24. The first-order valence-electron chi connectivity index (χ1n) is 8.31. The molecule has 0 aliphatic carbocycles. The molecule has 6 nitrogen and oxygen atoms in total. The molecule has 0 saturated carbocycles. The number of fused-ring (bicyclic) bond motifs is 1. The monoisotopic (exact) mass is 339 g/mol. The summed E-state index contributed by atoms with van der Waals surface area (Å²) in [6.45, 7) is 3.63. The molecule has 0 radical (unpaired) electrons. The summed E-state index contributed by atoms with van der Waals surface area (Å²) >= 11 is 0. The second kappa shape index (κ2) is 6.58. The van der Waals surface area contributed by atoms with Crippen molar-refractivity contribution in [2.24, 2.45) is 0 Å². The van der Waals surface area contributed by atoms with Crippen molar-refractivity contribution in [3.8, 4) is 6.01 Å². The summed E-state index contributed by atoms with van der Waals surface area (Å²) in [7, 11) is 0. The van der Waals surface area contributed by atoms with E-state index in [9.17, 15) is 4.39 Å². The molecule has 3 aromatic rings. The number of hydrogen-bond acceptors (Lipinski definition) is 6. The number of piperidine rings is 1. The third-order valence-corrected chi connectivity index (χ3v) is 4.33. The number of halogens is 1. The van der Waals surface area contributed by atoms with Crippen LogP contribution in [-0.4, -0.2) is 39.1 Å². The number of benzene rings is 1. The molecule has 1 aromatic carbocycles. The first-order chi connectivity index (χ1) is 12.2. The Morgan fingerprint density at radius 3 is 2.36 bits per heavy atom. The van der Waals surface area contributed by atoms with Crippen LogP contribution in [0.25, 0.3) is 11.0 Å². The first kappa shape index (κ1) is 15.7. The topological polar surface area (TPSA) is 64.0 Å². The fourth-order valence-electron chi connectivity index (χ4n) is 3.07. The van der Waals surface area contributed by atoms with Gasteiger partial charge in [-0.2, -0.15) is 0 Å². The number of para-hydroxylation sites is 2. The Kier molecular flexibility index (Phi) is 4.13. The van der Waals surface area contributed by atoms with Crippen LogP contribution in [0.3, 0.4) is 0 Å². The Bertz CT molecular complexity index is 878. The van der Waals surface area contributed by atoms with E-state index >= 15 is 0 Å². The Labute approximate surface area is 144 Å². The van der Waals surface area contributed by atoms with Crippen LogP contribution in [0.2, 0.25) is 0 Å². The molecule has 1 saturated heterocycles. The van der Waals surface area contributed by atoms with E-state index in [0.717, 1.165) is 60.9 Å². The molecule has 0 atom stereocenters. The molecule has 0 N–H and O–H groups in total. The van der Waals surface area contributed by atoms with E-state index in [2.05, 4.69) is 19.9 Å². The number of aryl methyl sites for hydroxylation is 1. The van der Waals surface area contributed by atoms with Gasteiger partial charge in [-0.15, -0.1) is 0 Å². The zero-order chi connectivity index (χ0) is 17.2. The summed E-state index contributed by atoms with van der Waals surface area (Å²) in [6, 6.07) is 8.12. The van der Waals surface area contributed by atoms with Gasteiger partial charge in [0.1, 0.15) is 6.10 Å². The van der Waals surface area contributed by atoms with Gasteiger partial charge in [0.15, 0.2) is 11.6 Å². The third-order valence-electron chi connectivity index (χ3n) is 4.33. The number of hydrogen-bond donors (Lipinski definition) is 0. The van der Waals surface area contributed by atoms with Gasteiger partial charge in [-0.25, -0.2) is 24.3 Å². The van der Waals surface area contributed by atoms with E-state index < -0.39 is 5.82 Å². The molecule has 1 fully saturated rings. The first-order valence-corrected chi connectivity index (χ1v) is 8.31. The molecule has 0 spiro atoms. The zero-order valence-corrected chi connectivity index (χ0v) is 13.9. The van der Waals surface area contributed by atoms with Crippen molar-refractivity contribution < 1.29 is 9.13 Å². The fourth-order valence-corrected chi connectivity index (χ4v) is 3.07.